The van der Waals surface area contributed by atoms with Crippen molar-refractivity contribution in [3.8, 4) is 0 Å². The van der Waals surface area contributed by atoms with Crippen molar-refractivity contribution in [3.63, 3.8) is 0 Å². The summed E-state index contributed by atoms with van der Waals surface area (Å²) in [5, 5.41) is 10.5. The molecule has 1 heterocycles. The van der Waals surface area contributed by atoms with Crippen LogP contribution in [0.2, 0.25) is 0 Å². The third-order valence-corrected chi connectivity index (χ3v) is 1.28. The molecule has 0 unspecified atom stereocenters. The molecule has 0 fully saturated rings. The van der Waals surface area contributed by atoms with Gasteiger partial charge in [-0.25, -0.2) is 0 Å². The molecular formula is C3H6N2O2S. The first-order chi connectivity index (χ1) is 3.72. The minimum Gasteiger partial charge on any atom is -0.478 e. The second-order valence-electron chi connectivity index (χ2n) is 1.38. The lowest BCUT2D eigenvalue weighted by Crippen LogP contribution is -2.24. The monoisotopic (exact) mass is 134 g/mol. The smallest absolute Gasteiger partial charge is 0.331 e. The van der Waals surface area contributed by atoms with Gasteiger partial charge in [0.2, 0.25) is 0 Å². The van der Waals surface area contributed by atoms with Gasteiger partial charge in [0.25, 0.3) is 0 Å². The first-order valence-corrected chi connectivity index (χ1v) is 2.45. The highest BCUT2D eigenvalue weighted by Gasteiger charge is 2.15. The van der Waals surface area contributed by atoms with E-state index in [1.165, 1.54) is 5.01 Å². The van der Waals surface area contributed by atoms with Gasteiger partial charge in [0.05, 0.1) is 0 Å². The number of aliphatic hydroxyl groups excluding tert-OH is 1. The summed E-state index contributed by atoms with van der Waals surface area (Å²) < 4.78 is 0. The van der Waals surface area contributed by atoms with Crippen LogP contribution in [0.4, 0.5) is 0 Å². The van der Waals surface area contributed by atoms with Crippen molar-refractivity contribution in [2.24, 2.45) is 0 Å². The van der Waals surface area contributed by atoms with E-state index in [2.05, 4.69) is 23.1 Å². The van der Waals surface area contributed by atoms with Gasteiger partial charge in [-0.3, -0.25) is 5.01 Å². The largest absolute Gasteiger partial charge is 0.478 e. The number of nitrogens with zero attached hydrogens (tertiary/aromatic N) is 1. The number of hydrogen-bond acceptors (Lipinski definition) is 5. The molecule has 5 heteroatoms. The Labute approximate surface area is 52.1 Å². The van der Waals surface area contributed by atoms with E-state index < -0.39 is 0 Å². The molecule has 0 aliphatic carbocycles. The van der Waals surface area contributed by atoms with Gasteiger partial charge in [0, 0.05) is 7.05 Å². The average Bonchev–Trinajstić information content (AvgIpc) is 1.98. The topological polar surface area (TPSA) is 44.7 Å². The zero-order valence-corrected chi connectivity index (χ0v) is 5.14. The Morgan fingerprint density at radius 1 is 1.88 bits per heavy atom. The van der Waals surface area contributed by atoms with Gasteiger partial charge in [0.15, 0.2) is 5.03 Å². The fourth-order valence-corrected chi connectivity index (χ4v) is 0.431. The number of rotatable bonds is 0. The Hall–Kier alpha value is -0.550. The van der Waals surface area contributed by atoms with Crippen molar-refractivity contribution in [1.29, 1.82) is 0 Å². The molecule has 0 aromatic carbocycles. The van der Waals surface area contributed by atoms with E-state index in [-0.39, 0.29) is 5.95 Å². The van der Waals surface area contributed by atoms with Gasteiger partial charge < -0.3 is 9.94 Å². The molecule has 1 aliphatic heterocycles. The summed E-state index contributed by atoms with van der Waals surface area (Å²) in [4.78, 5) is 4.41. The summed E-state index contributed by atoms with van der Waals surface area (Å²) in [5.41, 5.74) is 2.35. The Balaban J connectivity index is 2.71. The second-order valence-corrected chi connectivity index (χ2v) is 1.80. The maximum Gasteiger partial charge on any atom is 0.331 e. The first kappa shape index (κ1) is 5.58. The summed E-state index contributed by atoms with van der Waals surface area (Å²) in [6.45, 7) is 0. The van der Waals surface area contributed by atoms with E-state index in [1.54, 1.807) is 7.05 Å². The van der Waals surface area contributed by atoms with E-state index in [4.69, 9.17) is 5.11 Å². The van der Waals surface area contributed by atoms with Crippen LogP contribution >= 0.6 is 12.6 Å². The third kappa shape index (κ3) is 0.696. The van der Waals surface area contributed by atoms with Crippen LogP contribution in [0.1, 0.15) is 0 Å². The van der Waals surface area contributed by atoms with Gasteiger partial charge in [0.1, 0.15) is 0 Å². The zero-order chi connectivity index (χ0) is 6.15. The van der Waals surface area contributed by atoms with E-state index in [0.717, 1.165) is 0 Å². The lowest BCUT2D eigenvalue weighted by atomic mass is 10.9. The highest BCUT2D eigenvalue weighted by molar-refractivity contribution is 7.84. The highest BCUT2D eigenvalue weighted by Crippen LogP contribution is 2.14. The van der Waals surface area contributed by atoms with Crippen LogP contribution in [0.15, 0.2) is 11.0 Å². The highest BCUT2D eigenvalue weighted by atomic mass is 32.1. The average molecular weight is 134 g/mol. The van der Waals surface area contributed by atoms with Crippen molar-refractivity contribution in [2.45, 2.75) is 0 Å². The molecular weight excluding hydrogens is 128 g/mol. The number of aliphatic hydroxyl groups is 1. The summed E-state index contributed by atoms with van der Waals surface area (Å²) >= 11 is 3.85. The molecule has 0 saturated carbocycles. The molecule has 0 aromatic rings. The molecule has 0 aromatic heterocycles. The van der Waals surface area contributed by atoms with Gasteiger partial charge in [-0.05, 0) is 0 Å². The van der Waals surface area contributed by atoms with Crippen LogP contribution in [0.3, 0.4) is 0 Å². The van der Waals surface area contributed by atoms with Gasteiger partial charge in [-0.2, -0.15) is 0 Å². The predicted octanol–water partition coefficient (Wildman–Crippen LogP) is -0.0176. The fourth-order valence-electron chi connectivity index (χ4n) is 0.344. The minimum atomic E-state index is -0.198. The molecule has 46 valence electrons. The van der Waals surface area contributed by atoms with E-state index in [9.17, 15) is 0 Å². The molecule has 0 saturated heterocycles. The molecule has 2 N–H and O–H groups in total. The minimum absolute atomic E-state index is 0.198. The lowest BCUT2D eigenvalue weighted by molar-refractivity contribution is -0.0121. The van der Waals surface area contributed by atoms with Crippen LogP contribution in [-0.2, 0) is 4.84 Å². The van der Waals surface area contributed by atoms with Crippen LogP contribution < -0.4 is 5.59 Å². The predicted molar refractivity (Wildman–Crippen MR) is 30.6 cm³/mol. The maximum atomic E-state index is 8.64. The summed E-state index contributed by atoms with van der Waals surface area (Å²) in [7, 11) is 1.67. The molecule has 0 amide bonds. The quantitative estimate of drug-likeness (QED) is 0.407. The standard InChI is InChI=1S/C3H6N2O2S/c1-5-2(8)3(6)7-4-5/h4,6,8H,1H3. The molecule has 4 nitrogen and oxygen atoms in total. The van der Waals surface area contributed by atoms with Crippen molar-refractivity contribution in [2.75, 3.05) is 7.05 Å². The Kier molecular flexibility index (Phi) is 1.22. The van der Waals surface area contributed by atoms with Crippen molar-refractivity contribution >= 4 is 12.6 Å². The van der Waals surface area contributed by atoms with Crippen molar-refractivity contribution < 1.29 is 9.94 Å². The fraction of sp³-hybridized carbons (Fsp3) is 0.333. The molecule has 1 rings (SSSR count). The SMILES string of the molecule is CN1NOC(O)=C1S. The van der Waals surface area contributed by atoms with Gasteiger partial charge >= 0.3 is 5.95 Å². The summed E-state index contributed by atoms with van der Waals surface area (Å²) in [5.74, 6) is -0.198. The van der Waals surface area contributed by atoms with Crippen LogP contribution in [0.5, 0.6) is 0 Å². The number of nitrogens with one attached hydrogen (secondary N) is 1. The van der Waals surface area contributed by atoms with Crippen LogP contribution in [-0.4, -0.2) is 17.2 Å². The second kappa shape index (κ2) is 1.75. The number of hydrogen-bond donors (Lipinski definition) is 3. The molecule has 0 bridgehead atoms. The Morgan fingerprint density at radius 2 is 2.50 bits per heavy atom. The number of thiol groups is 1. The summed E-state index contributed by atoms with van der Waals surface area (Å²) in [6.07, 6.45) is 0. The van der Waals surface area contributed by atoms with Crippen molar-refractivity contribution in [3.05, 3.63) is 11.0 Å². The molecule has 0 atom stereocenters. The van der Waals surface area contributed by atoms with E-state index in [0.29, 0.717) is 5.03 Å². The van der Waals surface area contributed by atoms with Crippen molar-refractivity contribution in [1.82, 2.24) is 10.6 Å². The maximum absolute atomic E-state index is 8.64. The Bertz CT molecular complexity index is 135. The van der Waals surface area contributed by atoms with Crippen LogP contribution in [0.25, 0.3) is 0 Å². The van der Waals surface area contributed by atoms with E-state index >= 15 is 0 Å². The third-order valence-electron chi connectivity index (χ3n) is 0.788. The molecule has 1 aliphatic rings. The molecule has 0 spiro atoms. The molecule has 8 heavy (non-hydrogen) atoms. The normalized spacial score (nSPS) is 19.5. The Morgan fingerprint density at radius 3 is 2.62 bits per heavy atom. The van der Waals surface area contributed by atoms with Crippen LogP contribution in [0, 0.1) is 0 Å². The van der Waals surface area contributed by atoms with Gasteiger partial charge in [-0.15, -0.1) is 12.6 Å². The first-order valence-electron chi connectivity index (χ1n) is 2.00. The number of hydrazine groups is 1. The summed E-state index contributed by atoms with van der Waals surface area (Å²) in [6, 6.07) is 0. The lowest BCUT2D eigenvalue weighted by Gasteiger charge is -2.05. The zero-order valence-electron chi connectivity index (χ0n) is 4.25. The molecule has 0 radical (unpaired) electrons. The van der Waals surface area contributed by atoms with E-state index in [1.807, 2.05) is 0 Å². The van der Waals surface area contributed by atoms with Gasteiger partial charge in [-0.1, -0.05) is 5.59 Å².